The van der Waals surface area contributed by atoms with Crippen molar-refractivity contribution >= 4 is 17.9 Å². The minimum Gasteiger partial charge on any atom is -0.460 e. The molecule has 0 aromatic rings. The minimum atomic E-state index is -1.57. The van der Waals surface area contributed by atoms with E-state index in [0.29, 0.717) is 0 Å². The summed E-state index contributed by atoms with van der Waals surface area (Å²) in [7, 11) is 1.43. The number of methoxy groups -OCH3 is 1. The molecule has 0 N–H and O–H groups in total. The molecule has 0 saturated carbocycles. The molecule has 8 nitrogen and oxygen atoms in total. The topological polar surface area (TPSA) is 97.4 Å². The van der Waals surface area contributed by atoms with Crippen molar-refractivity contribution in [3.63, 3.8) is 0 Å². The minimum absolute atomic E-state index is 0.0987. The molecule has 0 fully saturated rings. The van der Waals surface area contributed by atoms with Crippen molar-refractivity contribution in [2.24, 2.45) is 5.41 Å². The normalized spacial score (nSPS) is 14.0. The second-order valence-electron chi connectivity index (χ2n) is 8.15. The van der Waals surface area contributed by atoms with Crippen LogP contribution in [0.3, 0.4) is 0 Å². The molecule has 8 heteroatoms. The molecule has 1 atom stereocenters. The number of esters is 3. The first-order valence-electron chi connectivity index (χ1n) is 8.56. The third-order valence-electron chi connectivity index (χ3n) is 3.02. The average Bonchev–Trinajstić information content (AvgIpc) is 2.49. The number of carbonyl (C=O) groups excluding carboxylic acids is 3. The molecule has 0 amide bonds. The summed E-state index contributed by atoms with van der Waals surface area (Å²) >= 11 is 0. The van der Waals surface area contributed by atoms with E-state index in [-0.39, 0.29) is 19.8 Å². The van der Waals surface area contributed by atoms with Crippen LogP contribution in [0.5, 0.6) is 0 Å². The van der Waals surface area contributed by atoms with E-state index in [1.165, 1.54) is 7.11 Å². The predicted molar refractivity (Wildman–Crippen MR) is 97.7 cm³/mol. The van der Waals surface area contributed by atoms with Crippen molar-refractivity contribution in [1.82, 2.24) is 0 Å². The predicted octanol–water partition coefficient (Wildman–Crippen LogP) is 2.40. The number of carbonyl (C=O) groups is 3. The summed E-state index contributed by atoms with van der Waals surface area (Å²) in [5.74, 6) is -1.93. The Bertz CT molecular complexity index is 527. The van der Waals surface area contributed by atoms with Crippen LogP contribution in [-0.4, -0.2) is 56.2 Å². The fourth-order valence-electron chi connectivity index (χ4n) is 1.80. The van der Waals surface area contributed by atoms with Gasteiger partial charge in [-0.2, -0.15) is 0 Å². The Morgan fingerprint density at radius 1 is 0.963 bits per heavy atom. The lowest BCUT2D eigenvalue weighted by Gasteiger charge is -2.34. The second-order valence-corrected chi connectivity index (χ2v) is 8.15. The maximum atomic E-state index is 12.5. The molecule has 0 saturated heterocycles. The van der Waals surface area contributed by atoms with Gasteiger partial charge < -0.3 is 23.7 Å². The molecule has 0 bridgehead atoms. The highest BCUT2D eigenvalue weighted by Gasteiger charge is 2.43. The van der Waals surface area contributed by atoms with Gasteiger partial charge in [-0.05, 0) is 41.5 Å². The molecule has 0 aliphatic rings. The maximum absolute atomic E-state index is 12.5. The third kappa shape index (κ3) is 10.7. The summed E-state index contributed by atoms with van der Waals surface area (Å²) in [5.41, 5.74) is -3.14. The summed E-state index contributed by atoms with van der Waals surface area (Å²) in [6, 6.07) is 0. The fourth-order valence-corrected chi connectivity index (χ4v) is 1.80. The van der Waals surface area contributed by atoms with E-state index in [4.69, 9.17) is 23.7 Å². The van der Waals surface area contributed by atoms with Gasteiger partial charge in [-0.25, -0.2) is 4.79 Å². The second kappa shape index (κ2) is 10.4. The van der Waals surface area contributed by atoms with Crippen molar-refractivity contribution in [2.45, 2.75) is 59.2 Å². The van der Waals surface area contributed by atoms with Gasteiger partial charge in [0.1, 0.15) is 19.0 Å². The zero-order valence-electron chi connectivity index (χ0n) is 17.4. The van der Waals surface area contributed by atoms with Crippen LogP contribution in [0.2, 0.25) is 0 Å². The lowest BCUT2D eigenvalue weighted by Crippen LogP contribution is -2.49. The molecule has 27 heavy (non-hydrogen) atoms. The van der Waals surface area contributed by atoms with Crippen molar-refractivity contribution in [3.05, 3.63) is 12.7 Å². The first kappa shape index (κ1) is 25.1. The van der Waals surface area contributed by atoms with Crippen LogP contribution in [0.1, 0.15) is 48.0 Å². The Morgan fingerprint density at radius 2 is 1.56 bits per heavy atom. The summed E-state index contributed by atoms with van der Waals surface area (Å²) < 4.78 is 26.2. The highest BCUT2D eigenvalue weighted by molar-refractivity contribution is 5.81. The lowest BCUT2D eigenvalue weighted by atomic mass is 9.95. The SMILES string of the molecule is C=CC(=O)OCC(COCOC)(CC(=O)OC(C)(C)C)OC(=O)C(C)(C)C. The van der Waals surface area contributed by atoms with E-state index in [1.807, 2.05) is 0 Å². The Balaban J connectivity index is 5.65. The Hall–Kier alpha value is -1.93. The summed E-state index contributed by atoms with van der Waals surface area (Å²) in [6.45, 7) is 12.7. The summed E-state index contributed by atoms with van der Waals surface area (Å²) in [6.07, 6.45) is 0.611. The average molecular weight is 388 g/mol. The van der Waals surface area contributed by atoms with Crippen molar-refractivity contribution in [2.75, 3.05) is 27.1 Å². The number of hydrogen-bond donors (Lipinski definition) is 0. The standard InChI is InChI=1S/C19H32O8/c1-9-14(20)25-12-19(11-24-13-23-8,27-16(22)17(2,3)4)10-15(21)26-18(5,6)7/h9H,1,10-13H2,2-8H3. The monoisotopic (exact) mass is 388 g/mol. The van der Waals surface area contributed by atoms with Crippen LogP contribution < -0.4 is 0 Å². The fraction of sp³-hybridized carbons (Fsp3) is 0.737. The van der Waals surface area contributed by atoms with Crippen molar-refractivity contribution < 1.29 is 38.1 Å². The molecule has 0 aliphatic carbocycles. The molecule has 0 aliphatic heterocycles. The van der Waals surface area contributed by atoms with Gasteiger partial charge in [0.25, 0.3) is 0 Å². The van der Waals surface area contributed by atoms with Crippen LogP contribution in [0.15, 0.2) is 12.7 Å². The van der Waals surface area contributed by atoms with Gasteiger partial charge in [0.15, 0.2) is 5.60 Å². The number of hydrogen-bond acceptors (Lipinski definition) is 8. The van der Waals surface area contributed by atoms with Crippen LogP contribution in [0.4, 0.5) is 0 Å². The molecule has 0 rings (SSSR count). The van der Waals surface area contributed by atoms with Crippen molar-refractivity contribution in [3.8, 4) is 0 Å². The zero-order valence-corrected chi connectivity index (χ0v) is 17.4. The highest BCUT2D eigenvalue weighted by Crippen LogP contribution is 2.26. The molecule has 0 aromatic carbocycles. The van der Waals surface area contributed by atoms with E-state index < -0.39 is 41.1 Å². The van der Waals surface area contributed by atoms with E-state index >= 15 is 0 Å². The largest absolute Gasteiger partial charge is 0.460 e. The first-order valence-corrected chi connectivity index (χ1v) is 8.56. The Labute approximate surface area is 161 Å². The molecule has 1 unspecified atom stereocenters. The lowest BCUT2D eigenvalue weighted by molar-refractivity contribution is -0.199. The maximum Gasteiger partial charge on any atom is 0.330 e. The third-order valence-corrected chi connectivity index (χ3v) is 3.02. The smallest absolute Gasteiger partial charge is 0.330 e. The van der Waals surface area contributed by atoms with Crippen LogP contribution in [-0.2, 0) is 38.1 Å². The first-order chi connectivity index (χ1) is 12.2. The van der Waals surface area contributed by atoms with Crippen LogP contribution in [0.25, 0.3) is 0 Å². The number of ether oxygens (including phenoxy) is 5. The Kier molecular flexibility index (Phi) is 9.67. The summed E-state index contributed by atoms with van der Waals surface area (Å²) in [4.78, 5) is 36.4. The van der Waals surface area contributed by atoms with Crippen LogP contribution >= 0.6 is 0 Å². The van der Waals surface area contributed by atoms with Gasteiger partial charge >= 0.3 is 17.9 Å². The van der Waals surface area contributed by atoms with Gasteiger partial charge in [-0.15, -0.1) is 0 Å². The quantitative estimate of drug-likeness (QED) is 0.185. The Morgan fingerprint density at radius 3 is 2.00 bits per heavy atom. The van der Waals surface area contributed by atoms with Gasteiger partial charge in [0, 0.05) is 13.2 Å². The molecule has 0 spiro atoms. The van der Waals surface area contributed by atoms with Gasteiger partial charge in [-0.1, -0.05) is 6.58 Å². The molecule has 0 aromatic heterocycles. The van der Waals surface area contributed by atoms with Gasteiger partial charge in [-0.3, -0.25) is 9.59 Å². The van der Waals surface area contributed by atoms with Gasteiger partial charge in [0.2, 0.25) is 0 Å². The zero-order chi connectivity index (χ0) is 21.3. The number of rotatable bonds is 10. The molecule has 0 heterocycles. The van der Waals surface area contributed by atoms with Crippen LogP contribution in [0, 0.1) is 5.41 Å². The van der Waals surface area contributed by atoms with E-state index in [0.717, 1.165) is 6.08 Å². The van der Waals surface area contributed by atoms with Crippen molar-refractivity contribution in [1.29, 1.82) is 0 Å². The molecular formula is C19H32O8. The van der Waals surface area contributed by atoms with E-state index in [1.54, 1.807) is 41.5 Å². The molecular weight excluding hydrogens is 356 g/mol. The summed E-state index contributed by atoms with van der Waals surface area (Å²) in [5, 5.41) is 0. The molecule has 0 radical (unpaired) electrons. The van der Waals surface area contributed by atoms with Gasteiger partial charge in [0.05, 0.1) is 18.4 Å². The van der Waals surface area contributed by atoms with E-state index in [2.05, 4.69) is 6.58 Å². The van der Waals surface area contributed by atoms with E-state index in [9.17, 15) is 14.4 Å². The molecule has 156 valence electrons. The highest BCUT2D eigenvalue weighted by atomic mass is 16.7.